The number of fused-ring (bicyclic) bond motifs is 1. The van der Waals surface area contributed by atoms with E-state index in [0.717, 1.165) is 10.8 Å². The number of carbonyl (C=O) groups is 1. The highest BCUT2D eigenvalue weighted by Crippen LogP contribution is 2.21. The largest absolute Gasteiger partial charge is 0.390 e. The molecule has 1 aromatic heterocycles. The van der Waals surface area contributed by atoms with Gasteiger partial charge in [-0.05, 0) is 37.8 Å². The fourth-order valence-corrected chi connectivity index (χ4v) is 4.22. The molecule has 0 aliphatic heterocycles. The summed E-state index contributed by atoms with van der Waals surface area (Å²) in [6.45, 7) is 9.05. The Hall–Kier alpha value is -2.13. The second kappa shape index (κ2) is 7.95. The van der Waals surface area contributed by atoms with Crippen LogP contribution >= 0.6 is 0 Å². The van der Waals surface area contributed by atoms with E-state index in [1.165, 1.54) is 4.57 Å². The predicted octanol–water partition coefficient (Wildman–Crippen LogP) is 1.98. The number of hydrogen-bond donors (Lipinski definition) is 2. The Morgan fingerprint density at radius 3 is 2.17 bits per heavy atom. The number of nitrogens with one attached hydrogen (secondary N) is 1. The Morgan fingerprint density at radius 2 is 1.69 bits per heavy atom. The second-order valence-electron chi connectivity index (χ2n) is 9.28. The number of sulfone groups is 1. The lowest BCUT2D eigenvalue weighted by atomic mass is 9.88. The van der Waals surface area contributed by atoms with Gasteiger partial charge in [-0.25, -0.2) is 22.6 Å². The summed E-state index contributed by atoms with van der Waals surface area (Å²) in [5.74, 6) is -0.228. The number of carbonyl (C=O) groups excluding carboxylic acids is 1. The van der Waals surface area contributed by atoms with E-state index >= 15 is 0 Å². The van der Waals surface area contributed by atoms with Crippen molar-refractivity contribution in [2.24, 2.45) is 5.41 Å². The molecule has 162 valence electrons. The van der Waals surface area contributed by atoms with Crippen molar-refractivity contribution in [2.75, 3.05) is 12.0 Å². The SMILES string of the molecule is CC(C)(O)CCn1c(=O)n(C(=O)N[C@H](CS(C)(=O)=O)C(C)(C)C)c2ccccc21. The van der Waals surface area contributed by atoms with Crippen LogP contribution in [0.2, 0.25) is 0 Å². The summed E-state index contributed by atoms with van der Waals surface area (Å²) in [6, 6.07) is 5.56. The first-order valence-electron chi connectivity index (χ1n) is 9.51. The summed E-state index contributed by atoms with van der Waals surface area (Å²) in [7, 11) is -3.34. The molecule has 0 aliphatic rings. The summed E-state index contributed by atoms with van der Waals surface area (Å²) in [5, 5.41) is 12.7. The average molecular weight is 426 g/mol. The van der Waals surface area contributed by atoms with Crippen molar-refractivity contribution in [2.45, 2.75) is 59.2 Å². The molecule has 8 nitrogen and oxygen atoms in total. The number of aliphatic hydroxyl groups is 1. The Kier molecular flexibility index (Phi) is 6.34. The highest BCUT2D eigenvalue weighted by Gasteiger charge is 2.31. The molecule has 2 rings (SSSR count). The lowest BCUT2D eigenvalue weighted by Crippen LogP contribution is -2.50. The van der Waals surface area contributed by atoms with E-state index in [1.54, 1.807) is 38.1 Å². The lowest BCUT2D eigenvalue weighted by Gasteiger charge is -2.30. The van der Waals surface area contributed by atoms with Gasteiger partial charge in [-0.3, -0.25) is 4.57 Å². The zero-order chi connectivity index (χ0) is 22.2. The molecule has 0 bridgehead atoms. The summed E-state index contributed by atoms with van der Waals surface area (Å²) >= 11 is 0. The van der Waals surface area contributed by atoms with E-state index in [4.69, 9.17) is 0 Å². The van der Waals surface area contributed by atoms with Crippen LogP contribution in [-0.4, -0.2) is 52.3 Å². The molecule has 0 saturated carbocycles. The summed E-state index contributed by atoms with van der Waals surface area (Å²) in [6.07, 6.45) is 1.45. The number of aryl methyl sites for hydroxylation is 1. The summed E-state index contributed by atoms with van der Waals surface area (Å²) in [4.78, 5) is 26.1. The minimum atomic E-state index is -3.34. The Morgan fingerprint density at radius 1 is 1.14 bits per heavy atom. The van der Waals surface area contributed by atoms with E-state index < -0.39 is 38.6 Å². The molecule has 9 heteroatoms. The van der Waals surface area contributed by atoms with Crippen molar-refractivity contribution in [1.29, 1.82) is 0 Å². The molecule has 1 amide bonds. The molecule has 0 fully saturated rings. The molecule has 0 saturated heterocycles. The van der Waals surface area contributed by atoms with E-state index in [2.05, 4.69) is 5.32 Å². The van der Waals surface area contributed by atoms with Gasteiger partial charge in [0.05, 0.1) is 22.4 Å². The van der Waals surface area contributed by atoms with E-state index in [0.29, 0.717) is 17.5 Å². The van der Waals surface area contributed by atoms with Gasteiger partial charge in [0.25, 0.3) is 0 Å². The quantitative estimate of drug-likeness (QED) is 0.735. The summed E-state index contributed by atoms with van der Waals surface area (Å²) in [5.41, 5.74) is -1.01. The van der Waals surface area contributed by atoms with Gasteiger partial charge in [-0.1, -0.05) is 32.9 Å². The maximum absolute atomic E-state index is 13.0. The van der Waals surface area contributed by atoms with E-state index in [9.17, 15) is 23.1 Å². The molecule has 1 atom stereocenters. The topological polar surface area (TPSA) is 110 Å². The van der Waals surface area contributed by atoms with Crippen molar-refractivity contribution in [3.8, 4) is 0 Å². The first-order chi connectivity index (χ1) is 13.1. The highest BCUT2D eigenvalue weighted by atomic mass is 32.2. The third-order valence-corrected chi connectivity index (χ3v) is 5.74. The van der Waals surface area contributed by atoms with Gasteiger partial charge in [0, 0.05) is 18.8 Å². The lowest BCUT2D eigenvalue weighted by molar-refractivity contribution is 0.0663. The number of para-hydroxylation sites is 2. The van der Waals surface area contributed by atoms with E-state index in [1.807, 2.05) is 20.8 Å². The van der Waals surface area contributed by atoms with Crippen molar-refractivity contribution < 1.29 is 18.3 Å². The van der Waals surface area contributed by atoms with Gasteiger partial charge >= 0.3 is 11.7 Å². The van der Waals surface area contributed by atoms with Crippen LogP contribution in [0.4, 0.5) is 4.79 Å². The zero-order valence-electron chi connectivity index (χ0n) is 17.9. The minimum Gasteiger partial charge on any atom is -0.390 e. The molecule has 0 radical (unpaired) electrons. The van der Waals surface area contributed by atoms with Crippen LogP contribution in [0.25, 0.3) is 11.0 Å². The van der Waals surface area contributed by atoms with Gasteiger partial charge in [0.1, 0.15) is 9.84 Å². The third-order valence-electron chi connectivity index (χ3n) is 4.80. The zero-order valence-corrected chi connectivity index (χ0v) is 18.7. The number of aromatic nitrogens is 2. The second-order valence-corrected chi connectivity index (χ2v) is 11.5. The fraction of sp³-hybridized carbons (Fsp3) is 0.600. The molecule has 0 aliphatic carbocycles. The Balaban J connectivity index is 2.48. The van der Waals surface area contributed by atoms with Gasteiger partial charge in [-0.2, -0.15) is 0 Å². The fourth-order valence-electron chi connectivity index (χ4n) is 3.03. The van der Waals surface area contributed by atoms with Crippen LogP contribution in [0.15, 0.2) is 29.1 Å². The monoisotopic (exact) mass is 425 g/mol. The third kappa shape index (κ3) is 5.93. The Labute approximate surface area is 171 Å². The van der Waals surface area contributed by atoms with Crippen LogP contribution in [0.3, 0.4) is 0 Å². The number of amides is 1. The number of nitrogens with zero attached hydrogens (tertiary/aromatic N) is 2. The van der Waals surface area contributed by atoms with Crippen molar-refractivity contribution in [1.82, 2.24) is 14.5 Å². The Bertz CT molecular complexity index is 1050. The van der Waals surface area contributed by atoms with Gasteiger partial charge < -0.3 is 10.4 Å². The first-order valence-corrected chi connectivity index (χ1v) is 11.6. The smallest absolute Gasteiger partial charge is 0.337 e. The molecule has 1 heterocycles. The molecule has 29 heavy (non-hydrogen) atoms. The van der Waals surface area contributed by atoms with Crippen molar-refractivity contribution in [3.05, 3.63) is 34.7 Å². The van der Waals surface area contributed by atoms with Gasteiger partial charge in [0.15, 0.2) is 0 Å². The molecule has 1 aromatic carbocycles. The molecule has 2 N–H and O–H groups in total. The number of rotatable bonds is 6. The van der Waals surface area contributed by atoms with E-state index in [-0.39, 0.29) is 12.3 Å². The molecular formula is C20H31N3O5S. The molecule has 0 spiro atoms. The number of imidazole rings is 1. The first kappa shape index (κ1) is 23.2. The summed E-state index contributed by atoms with van der Waals surface area (Å²) < 4.78 is 26.1. The number of hydrogen-bond acceptors (Lipinski definition) is 5. The normalized spacial score (nSPS) is 14.2. The maximum Gasteiger partial charge on any atom is 0.337 e. The van der Waals surface area contributed by atoms with Crippen LogP contribution in [-0.2, 0) is 16.4 Å². The van der Waals surface area contributed by atoms with Crippen LogP contribution in [0.1, 0.15) is 41.0 Å². The van der Waals surface area contributed by atoms with Gasteiger partial charge in [-0.15, -0.1) is 0 Å². The maximum atomic E-state index is 13.0. The van der Waals surface area contributed by atoms with Gasteiger partial charge in [0.2, 0.25) is 0 Å². The molecule has 2 aromatic rings. The van der Waals surface area contributed by atoms with Crippen molar-refractivity contribution >= 4 is 26.9 Å². The standard InChI is InChI=1S/C20H31N3O5S/c1-19(2,3)16(13-29(6,27)28)21-17(24)23-15-10-8-7-9-14(15)22(18(23)25)12-11-20(4,5)26/h7-10,16,26H,11-13H2,1-6H3,(H,21,24)/t16-/m1/s1. The van der Waals surface area contributed by atoms with Crippen molar-refractivity contribution in [3.63, 3.8) is 0 Å². The number of benzene rings is 1. The highest BCUT2D eigenvalue weighted by molar-refractivity contribution is 7.90. The average Bonchev–Trinajstić information content (AvgIpc) is 2.81. The molecular weight excluding hydrogens is 394 g/mol. The van der Waals surface area contributed by atoms with Crippen LogP contribution < -0.4 is 11.0 Å². The van der Waals surface area contributed by atoms with Crippen LogP contribution in [0, 0.1) is 5.41 Å². The minimum absolute atomic E-state index is 0.228. The predicted molar refractivity (Wildman–Crippen MR) is 114 cm³/mol. The van der Waals surface area contributed by atoms with Crippen LogP contribution in [0.5, 0.6) is 0 Å². The molecule has 0 unspecified atom stereocenters.